The van der Waals surface area contributed by atoms with Crippen LogP contribution in [0.2, 0.25) is 0 Å². The van der Waals surface area contributed by atoms with Crippen molar-refractivity contribution in [1.29, 1.82) is 0 Å². The molecular formula is C33H23N5. The van der Waals surface area contributed by atoms with Gasteiger partial charge in [-0.15, -0.1) is 0 Å². The summed E-state index contributed by atoms with van der Waals surface area (Å²) in [7, 11) is 0. The Morgan fingerprint density at radius 2 is 1.18 bits per heavy atom. The highest BCUT2D eigenvalue weighted by Gasteiger charge is 2.41. The lowest BCUT2D eigenvalue weighted by molar-refractivity contribution is 0.477. The largest absolute Gasteiger partial charge is 0.265 e. The van der Waals surface area contributed by atoms with Crippen molar-refractivity contribution in [1.82, 2.24) is 24.7 Å². The normalized spacial score (nSPS) is 11.7. The molecule has 0 unspecified atom stereocenters. The van der Waals surface area contributed by atoms with Crippen molar-refractivity contribution in [2.24, 2.45) is 0 Å². The van der Waals surface area contributed by atoms with Gasteiger partial charge in [0.2, 0.25) is 0 Å². The predicted molar refractivity (Wildman–Crippen MR) is 151 cm³/mol. The third-order valence-electron chi connectivity index (χ3n) is 7.15. The first-order valence-electron chi connectivity index (χ1n) is 12.6. The summed E-state index contributed by atoms with van der Waals surface area (Å²) in [6, 6.07) is 40.1. The fourth-order valence-corrected chi connectivity index (χ4v) is 5.47. The van der Waals surface area contributed by atoms with Crippen LogP contribution in [0.3, 0.4) is 0 Å². The Hall–Kier alpha value is -5.16. The number of pyridine rings is 1. The van der Waals surface area contributed by atoms with Gasteiger partial charge in [-0.3, -0.25) is 4.98 Å². The van der Waals surface area contributed by atoms with Gasteiger partial charge in [0, 0.05) is 34.9 Å². The number of benzene rings is 4. The van der Waals surface area contributed by atoms with E-state index in [1.807, 2.05) is 30.7 Å². The molecule has 0 amide bonds. The molecule has 7 aromatic rings. The van der Waals surface area contributed by atoms with Crippen LogP contribution in [-0.4, -0.2) is 24.7 Å². The molecule has 0 fully saturated rings. The number of aromatic nitrogens is 5. The molecule has 0 aliphatic heterocycles. The maximum Gasteiger partial charge on any atom is 0.138 e. The van der Waals surface area contributed by atoms with Crippen LogP contribution in [-0.2, 0) is 5.54 Å². The maximum absolute atomic E-state index is 5.42. The molecule has 0 saturated heterocycles. The van der Waals surface area contributed by atoms with E-state index in [0.29, 0.717) is 0 Å². The lowest BCUT2D eigenvalue weighted by Gasteiger charge is -2.37. The van der Waals surface area contributed by atoms with Crippen molar-refractivity contribution in [3.8, 4) is 11.3 Å². The van der Waals surface area contributed by atoms with E-state index in [-0.39, 0.29) is 0 Å². The fourth-order valence-electron chi connectivity index (χ4n) is 5.47. The van der Waals surface area contributed by atoms with Crippen LogP contribution in [0.5, 0.6) is 0 Å². The second kappa shape index (κ2) is 9.05. The van der Waals surface area contributed by atoms with Gasteiger partial charge in [0.1, 0.15) is 17.6 Å². The Labute approximate surface area is 220 Å². The Bertz CT molecular complexity index is 1750. The van der Waals surface area contributed by atoms with Gasteiger partial charge >= 0.3 is 0 Å². The average molecular weight is 490 g/mol. The first-order chi connectivity index (χ1) is 18.9. The van der Waals surface area contributed by atoms with Gasteiger partial charge in [-0.2, -0.15) is 5.10 Å². The molecule has 7 rings (SSSR count). The molecule has 0 spiro atoms. The third-order valence-corrected chi connectivity index (χ3v) is 7.15. The summed E-state index contributed by atoms with van der Waals surface area (Å²) in [6.07, 6.45) is 7.07. The highest BCUT2D eigenvalue weighted by atomic mass is 15.3. The second-order valence-electron chi connectivity index (χ2n) is 9.26. The standard InChI is InChI=1S/C33H23N5/c1-4-10-26(11-5-1)33(27-12-6-2-7-13-27,28-14-8-3-9-15-28)38-31-20-25-22-35-23-36-30(25)21-29(31)32(37-38)24-16-18-34-19-17-24/h1-23H. The topological polar surface area (TPSA) is 56.5 Å². The third kappa shape index (κ3) is 3.40. The van der Waals surface area contributed by atoms with Crippen molar-refractivity contribution >= 4 is 21.8 Å². The van der Waals surface area contributed by atoms with Crippen LogP contribution in [0.25, 0.3) is 33.1 Å². The Kier molecular flexibility index (Phi) is 5.26. The minimum absolute atomic E-state index is 0.739. The highest BCUT2D eigenvalue weighted by molar-refractivity contribution is 6.02. The monoisotopic (exact) mass is 489 g/mol. The minimum atomic E-state index is -0.739. The van der Waals surface area contributed by atoms with Crippen LogP contribution in [0.15, 0.2) is 140 Å². The van der Waals surface area contributed by atoms with E-state index >= 15 is 0 Å². The molecule has 0 aliphatic rings. The molecular weight excluding hydrogens is 466 g/mol. The lowest BCUT2D eigenvalue weighted by Crippen LogP contribution is -2.38. The first kappa shape index (κ1) is 22.1. The number of hydrogen-bond donors (Lipinski definition) is 0. The summed E-state index contributed by atoms with van der Waals surface area (Å²) < 4.78 is 2.19. The summed E-state index contributed by atoms with van der Waals surface area (Å²) in [5.74, 6) is 0. The van der Waals surface area contributed by atoms with Crippen LogP contribution in [0.1, 0.15) is 16.7 Å². The van der Waals surface area contributed by atoms with Crippen molar-refractivity contribution < 1.29 is 0 Å². The molecule has 38 heavy (non-hydrogen) atoms. The molecule has 0 aliphatic carbocycles. The summed E-state index contributed by atoms with van der Waals surface area (Å²) in [6.45, 7) is 0. The zero-order valence-corrected chi connectivity index (χ0v) is 20.5. The van der Waals surface area contributed by atoms with Gasteiger partial charge in [0.15, 0.2) is 0 Å². The molecule has 0 saturated carbocycles. The highest BCUT2D eigenvalue weighted by Crippen LogP contribution is 2.44. The van der Waals surface area contributed by atoms with Gasteiger partial charge in [-0.1, -0.05) is 91.0 Å². The van der Waals surface area contributed by atoms with Crippen LogP contribution < -0.4 is 0 Å². The van der Waals surface area contributed by atoms with E-state index in [1.165, 1.54) is 0 Å². The molecule has 4 aromatic carbocycles. The zero-order valence-electron chi connectivity index (χ0n) is 20.5. The lowest BCUT2D eigenvalue weighted by atomic mass is 9.77. The summed E-state index contributed by atoms with van der Waals surface area (Å²) in [5.41, 5.74) is 6.38. The smallest absolute Gasteiger partial charge is 0.138 e. The summed E-state index contributed by atoms with van der Waals surface area (Å²) in [4.78, 5) is 13.1. The van der Waals surface area contributed by atoms with E-state index in [9.17, 15) is 0 Å². The SMILES string of the molecule is c1ccc(C(c2ccccc2)(c2ccccc2)n2nc(-c3ccncc3)c3cc4ncncc4cc32)cc1. The maximum atomic E-state index is 5.42. The Morgan fingerprint density at radius 3 is 1.76 bits per heavy atom. The van der Waals surface area contributed by atoms with Crippen LogP contribution in [0, 0.1) is 0 Å². The van der Waals surface area contributed by atoms with E-state index in [1.54, 1.807) is 6.33 Å². The van der Waals surface area contributed by atoms with Gasteiger partial charge in [-0.05, 0) is 41.0 Å². The molecule has 0 atom stereocenters. The molecule has 180 valence electrons. The zero-order chi connectivity index (χ0) is 25.4. The number of nitrogens with zero attached hydrogens (tertiary/aromatic N) is 5. The van der Waals surface area contributed by atoms with E-state index < -0.39 is 5.54 Å². The molecule has 0 bridgehead atoms. The quantitative estimate of drug-likeness (QED) is 0.247. The van der Waals surface area contributed by atoms with Gasteiger partial charge in [-0.25, -0.2) is 14.6 Å². The molecule has 3 aromatic heterocycles. The molecule has 5 heteroatoms. The number of hydrogen-bond acceptors (Lipinski definition) is 4. The van der Waals surface area contributed by atoms with Crippen LogP contribution in [0.4, 0.5) is 0 Å². The van der Waals surface area contributed by atoms with E-state index in [0.717, 1.165) is 49.8 Å². The Balaban J connectivity index is 1.69. The van der Waals surface area contributed by atoms with Crippen molar-refractivity contribution in [2.45, 2.75) is 5.54 Å². The van der Waals surface area contributed by atoms with Gasteiger partial charge in [0.25, 0.3) is 0 Å². The van der Waals surface area contributed by atoms with Crippen molar-refractivity contribution in [2.75, 3.05) is 0 Å². The molecule has 5 nitrogen and oxygen atoms in total. The number of fused-ring (bicyclic) bond motifs is 2. The van der Waals surface area contributed by atoms with Crippen LogP contribution >= 0.6 is 0 Å². The average Bonchev–Trinajstić information content (AvgIpc) is 3.37. The van der Waals surface area contributed by atoms with Gasteiger partial charge < -0.3 is 0 Å². The fraction of sp³-hybridized carbons (Fsp3) is 0.0303. The predicted octanol–water partition coefficient (Wildman–Crippen LogP) is 6.88. The molecule has 0 N–H and O–H groups in total. The summed E-state index contributed by atoms with van der Waals surface area (Å²) >= 11 is 0. The Morgan fingerprint density at radius 1 is 0.605 bits per heavy atom. The molecule has 3 heterocycles. The summed E-state index contributed by atoms with van der Waals surface area (Å²) in [5, 5.41) is 7.41. The van der Waals surface area contributed by atoms with E-state index in [4.69, 9.17) is 5.10 Å². The first-order valence-corrected chi connectivity index (χ1v) is 12.6. The molecule has 0 radical (unpaired) electrons. The minimum Gasteiger partial charge on any atom is -0.265 e. The second-order valence-corrected chi connectivity index (χ2v) is 9.26. The van der Waals surface area contributed by atoms with E-state index in [2.05, 4.69) is 123 Å². The number of rotatable bonds is 5. The van der Waals surface area contributed by atoms with Gasteiger partial charge in [0.05, 0.1) is 11.0 Å². The van der Waals surface area contributed by atoms with Crippen molar-refractivity contribution in [3.05, 3.63) is 157 Å². The van der Waals surface area contributed by atoms with Crippen molar-refractivity contribution in [3.63, 3.8) is 0 Å².